The van der Waals surface area contributed by atoms with Gasteiger partial charge in [0.2, 0.25) is 0 Å². The number of rotatable bonds is 1. The van der Waals surface area contributed by atoms with Gasteiger partial charge in [0.15, 0.2) is 0 Å². The van der Waals surface area contributed by atoms with E-state index in [1.807, 2.05) is 0 Å². The van der Waals surface area contributed by atoms with Gasteiger partial charge in [0, 0.05) is 6.04 Å². The minimum atomic E-state index is -0.0717. The van der Waals surface area contributed by atoms with Gasteiger partial charge < -0.3 is 10.5 Å². The Balaban J connectivity index is 1.88. The van der Waals surface area contributed by atoms with E-state index in [1.54, 1.807) is 0 Å². The lowest BCUT2D eigenvalue weighted by atomic mass is 9.62. The van der Waals surface area contributed by atoms with Crippen LogP contribution in [0.15, 0.2) is 0 Å². The molecule has 0 aromatic carbocycles. The number of hydrogen-bond acceptors (Lipinski definition) is 3. The molecule has 0 heterocycles. The van der Waals surface area contributed by atoms with Crippen LogP contribution in [0.4, 0.5) is 0 Å². The molecular formula is C11H17NO2. The van der Waals surface area contributed by atoms with Crippen molar-refractivity contribution in [1.29, 1.82) is 0 Å². The molecule has 4 saturated carbocycles. The third-order valence-electron chi connectivity index (χ3n) is 4.67. The minimum Gasteiger partial charge on any atom is -0.469 e. The normalized spacial score (nSPS) is 53.9. The first-order chi connectivity index (χ1) is 6.74. The summed E-state index contributed by atoms with van der Waals surface area (Å²) in [6.07, 6.45) is 3.75. The summed E-state index contributed by atoms with van der Waals surface area (Å²) in [6.45, 7) is 0. The standard InChI is InChI=1S/C11H17NO2/c1-14-11(13)9-5-2-3-6(10(9)12)8-4-7(5)8/h5-10H,2-4,12H2,1H3/t5?,6?,7?,8?,9-,10+/m0/s1. The van der Waals surface area contributed by atoms with Crippen LogP contribution in [-0.2, 0) is 9.53 Å². The van der Waals surface area contributed by atoms with E-state index in [1.165, 1.54) is 26.4 Å². The molecule has 2 N–H and O–H groups in total. The molecule has 3 heteroatoms. The van der Waals surface area contributed by atoms with Crippen molar-refractivity contribution in [1.82, 2.24) is 0 Å². The summed E-state index contributed by atoms with van der Waals surface area (Å²) in [5, 5.41) is 0. The Morgan fingerprint density at radius 1 is 1.21 bits per heavy atom. The average Bonchev–Trinajstić information content (AvgIpc) is 2.97. The average molecular weight is 195 g/mol. The van der Waals surface area contributed by atoms with Crippen molar-refractivity contribution in [2.24, 2.45) is 35.3 Å². The first-order valence-electron chi connectivity index (χ1n) is 5.57. The van der Waals surface area contributed by atoms with E-state index in [0.717, 1.165) is 11.8 Å². The molecule has 4 aliphatic carbocycles. The first-order valence-corrected chi connectivity index (χ1v) is 5.57. The second-order valence-electron chi connectivity index (χ2n) is 5.09. The summed E-state index contributed by atoms with van der Waals surface area (Å²) in [7, 11) is 1.47. The minimum absolute atomic E-state index is 0.00231. The van der Waals surface area contributed by atoms with Crippen molar-refractivity contribution >= 4 is 5.97 Å². The van der Waals surface area contributed by atoms with Crippen molar-refractivity contribution in [3.63, 3.8) is 0 Å². The molecule has 0 aliphatic heterocycles. The first kappa shape index (κ1) is 8.72. The number of carbonyl (C=O) groups is 1. The van der Waals surface area contributed by atoms with Gasteiger partial charge in [-0.25, -0.2) is 0 Å². The third kappa shape index (κ3) is 0.937. The number of methoxy groups -OCH3 is 1. The lowest BCUT2D eigenvalue weighted by molar-refractivity contribution is -0.153. The highest BCUT2D eigenvalue weighted by Crippen LogP contribution is 2.63. The molecule has 4 fully saturated rings. The van der Waals surface area contributed by atoms with Crippen LogP contribution in [0.3, 0.4) is 0 Å². The number of esters is 1. The fourth-order valence-corrected chi connectivity index (χ4v) is 3.98. The Morgan fingerprint density at radius 2 is 1.86 bits per heavy atom. The van der Waals surface area contributed by atoms with E-state index < -0.39 is 0 Å². The van der Waals surface area contributed by atoms with Crippen LogP contribution in [0.5, 0.6) is 0 Å². The van der Waals surface area contributed by atoms with Crippen LogP contribution >= 0.6 is 0 Å². The zero-order valence-electron chi connectivity index (χ0n) is 8.48. The molecule has 4 aliphatic rings. The molecule has 6 atom stereocenters. The Bertz CT molecular complexity index is 278. The van der Waals surface area contributed by atoms with Crippen LogP contribution in [0.1, 0.15) is 19.3 Å². The third-order valence-corrected chi connectivity index (χ3v) is 4.67. The maximum absolute atomic E-state index is 11.6. The molecule has 0 spiro atoms. The zero-order chi connectivity index (χ0) is 9.87. The highest BCUT2D eigenvalue weighted by Gasteiger charge is 2.62. The highest BCUT2D eigenvalue weighted by molar-refractivity contribution is 5.74. The molecule has 14 heavy (non-hydrogen) atoms. The molecule has 0 aromatic heterocycles. The van der Waals surface area contributed by atoms with Gasteiger partial charge in [-0.15, -0.1) is 0 Å². The van der Waals surface area contributed by atoms with Crippen molar-refractivity contribution in [2.45, 2.75) is 25.3 Å². The van der Waals surface area contributed by atoms with E-state index >= 15 is 0 Å². The van der Waals surface area contributed by atoms with Gasteiger partial charge in [-0.05, 0) is 42.9 Å². The van der Waals surface area contributed by atoms with Gasteiger partial charge in [-0.1, -0.05) is 0 Å². The zero-order valence-corrected chi connectivity index (χ0v) is 8.48. The van der Waals surface area contributed by atoms with Gasteiger partial charge in [0.05, 0.1) is 13.0 Å². The summed E-state index contributed by atoms with van der Waals surface area (Å²) >= 11 is 0. The molecule has 78 valence electrons. The predicted octanol–water partition coefficient (Wildman–Crippen LogP) is 0.779. The number of ether oxygens (including phenoxy) is 1. The van der Waals surface area contributed by atoms with Gasteiger partial charge in [0.25, 0.3) is 0 Å². The lowest BCUT2D eigenvalue weighted by Gasteiger charge is -2.45. The van der Waals surface area contributed by atoms with Crippen LogP contribution in [-0.4, -0.2) is 19.1 Å². The van der Waals surface area contributed by atoms with Gasteiger partial charge in [0.1, 0.15) is 0 Å². The Morgan fingerprint density at radius 3 is 2.57 bits per heavy atom. The maximum atomic E-state index is 11.6. The molecule has 0 amide bonds. The van der Waals surface area contributed by atoms with Crippen LogP contribution < -0.4 is 5.73 Å². The van der Waals surface area contributed by atoms with E-state index in [-0.39, 0.29) is 17.9 Å². The fraction of sp³-hybridized carbons (Fsp3) is 0.909. The molecular weight excluding hydrogens is 178 g/mol. The predicted molar refractivity (Wildman–Crippen MR) is 51.3 cm³/mol. The molecule has 2 bridgehead atoms. The molecule has 4 rings (SSSR count). The van der Waals surface area contributed by atoms with E-state index in [2.05, 4.69) is 0 Å². The van der Waals surface area contributed by atoms with Gasteiger partial charge in [-0.3, -0.25) is 4.79 Å². The lowest BCUT2D eigenvalue weighted by Crippen LogP contribution is -2.53. The summed E-state index contributed by atoms with van der Waals surface area (Å²) in [5.74, 6) is 2.73. The number of hydrogen-bond donors (Lipinski definition) is 1. The number of nitrogens with two attached hydrogens (primary N) is 1. The van der Waals surface area contributed by atoms with Gasteiger partial charge in [-0.2, -0.15) is 0 Å². The summed E-state index contributed by atoms with van der Waals surface area (Å²) < 4.78 is 4.86. The smallest absolute Gasteiger partial charge is 0.310 e. The quantitative estimate of drug-likeness (QED) is 0.629. The SMILES string of the molecule is COC(=O)[C@H]1C2CCC(C3CC32)[C@H]1N. The summed E-state index contributed by atoms with van der Waals surface area (Å²) in [4.78, 5) is 11.6. The summed E-state index contributed by atoms with van der Waals surface area (Å²) in [5.41, 5.74) is 6.16. The fourth-order valence-electron chi connectivity index (χ4n) is 3.98. The second-order valence-corrected chi connectivity index (χ2v) is 5.09. The monoisotopic (exact) mass is 195 g/mol. The Labute approximate surface area is 84.0 Å². The molecule has 0 radical (unpaired) electrons. The van der Waals surface area contributed by atoms with Crippen molar-refractivity contribution in [2.75, 3.05) is 7.11 Å². The topological polar surface area (TPSA) is 52.3 Å². The summed E-state index contributed by atoms with van der Waals surface area (Å²) in [6, 6.07) is 0.0740. The van der Waals surface area contributed by atoms with Crippen molar-refractivity contribution in [3.05, 3.63) is 0 Å². The van der Waals surface area contributed by atoms with Crippen LogP contribution in [0, 0.1) is 29.6 Å². The van der Waals surface area contributed by atoms with Crippen LogP contribution in [0.25, 0.3) is 0 Å². The largest absolute Gasteiger partial charge is 0.469 e. The molecule has 0 aromatic rings. The van der Waals surface area contributed by atoms with E-state index in [0.29, 0.717) is 11.8 Å². The second kappa shape index (κ2) is 2.72. The van der Waals surface area contributed by atoms with Crippen molar-refractivity contribution in [3.8, 4) is 0 Å². The van der Waals surface area contributed by atoms with Gasteiger partial charge >= 0.3 is 5.97 Å². The van der Waals surface area contributed by atoms with E-state index in [4.69, 9.17) is 10.5 Å². The molecule has 0 saturated heterocycles. The maximum Gasteiger partial charge on any atom is 0.310 e. The Kier molecular flexibility index (Phi) is 1.69. The number of fused-ring (bicyclic) bond motifs is 2. The highest BCUT2D eigenvalue weighted by atomic mass is 16.5. The molecule has 4 unspecified atom stereocenters. The molecule has 3 nitrogen and oxygen atoms in total. The van der Waals surface area contributed by atoms with Crippen LogP contribution in [0.2, 0.25) is 0 Å². The van der Waals surface area contributed by atoms with E-state index in [9.17, 15) is 4.79 Å². The number of carbonyl (C=O) groups excluding carboxylic acids is 1. The Hall–Kier alpha value is -0.570. The van der Waals surface area contributed by atoms with Crippen molar-refractivity contribution < 1.29 is 9.53 Å².